The maximum Gasteiger partial charge on any atom is 0.269 e. The van der Waals surface area contributed by atoms with E-state index in [1.807, 2.05) is 31.2 Å². The number of sulfonamides is 1. The van der Waals surface area contributed by atoms with Gasteiger partial charge in [0.1, 0.15) is 5.75 Å². The highest BCUT2D eigenvalue weighted by molar-refractivity contribution is 7.89. The van der Waals surface area contributed by atoms with Crippen LogP contribution in [0.5, 0.6) is 5.75 Å². The van der Waals surface area contributed by atoms with Crippen LogP contribution in [0.15, 0.2) is 53.4 Å². The molecule has 0 saturated carbocycles. The van der Waals surface area contributed by atoms with Gasteiger partial charge >= 0.3 is 0 Å². The molecule has 2 aromatic carbocycles. The fourth-order valence-corrected chi connectivity index (χ4v) is 4.61. The molecule has 30 heavy (non-hydrogen) atoms. The Balaban J connectivity index is 1.46. The normalized spacial score (nSPS) is 14.3. The molecule has 0 aliphatic carbocycles. The summed E-state index contributed by atoms with van der Waals surface area (Å²) in [5, 5.41) is 0. The van der Waals surface area contributed by atoms with Crippen molar-refractivity contribution < 1.29 is 22.7 Å². The molecule has 9 heteroatoms. The van der Waals surface area contributed by atoms with E-state index in [0.717, 1.165) is 18.4 Å². The van der Waals surface area contributed by atoms with Crippen LogP contribution in [0.3, 0.4) is 0 Å². The molecule has 160 valence electrons. The third-order valence-corrected chi connectivity index (χ3v) is 6.73. The Hall–Kier alpha value is -2.91. The number of carbonyl (C=O) groups is 2. The van der Waals surface area contributed by atoms with E-state index in [4.69, 9.17) is 4.74 Å². The Morgan fingerprint density at radius 1 is 1.00 bits per heavy atom. The minimum Gasteiger partial charge on any atom is -0.493 e. The summed E-state index contributed by atoms with van der Waals surface area (Å²) < 4.78 is 32.0. The molecule has 1 heterocycles. The second-order valence-corrected chi connectivity index (χ2v) is 8.94. The Bertz CT molecular complexity index is 1000. The van der Waals surface area contributed by atoms with Crippen molar-refractivity contribution in [1.82, 2.24) is 15.2 Å². The molecular weight excluding hydrogens is 406 g/mol. The van der Waals surface area contributed by atoms with E-state index in [-0.39, 0.29) is 23.5 Å². The van der Waals surface area contributed by atoms with Crippen molar-refractivity contribution in [2.45, 2.75) is 31.1 Å². The van der Waals surface area contributed by atoms with Gasteiger partial charge in [0.25, 0.3) is 5.91 Å². The van der Waals surface area contributed by atoms with E-state index in [0.29, 0.717) is 18.8 Å². The summed E-state index contributed by atoms with van der Waals surface area (Å²) in [7, 11) is -3.53. The van der Waals surface area contributed by atoms with Gasteiger partial charge in [0.05, 0.1) is 17.9 Å². The monoisotopic (exact) mass is 431 g/mol. The molecule has 2 amide bonds. The molecule has 0 spiro atoms. The molecule has 3 rings (SSSR count). The van der Waals surface area contributed by atoms with Gasteiger partial charge < -0.3 is 4.74 Å². The van der Waals surface area contributed by atoms with Crippen LogP contribution < -0.4 is 15.6 Å². The highest BCUT2D eigenvalue weighted by Crippen LogP contribution is 2.21. The average Bonchev–Trinajstić information content (AvgIpc) is 3.29. The minimum absolute atomic E-state index is 0.0711. The van der Waals surface area contributed by atoms with Gasteiger partial charge in [-0.25, -0.2) is 8.42 Å². The van der Waals surface area contributed by atoms with Crippen molar-refractivity contribution >= 4 is 21.8 Å². The summed E-state index contributed by atoms with van der Waals surface area (Å²) >= 11 is 0. The van der Waals surface area contributed by atoms with Gasteiger partial charge in [-0.2, -0.15) is 4.31 Å². The van der Waals surface area contributed by atoms with E-state index in [1.165, 1.54) is 28.6 Å². The highest BCUT2D eigenvalue weighted by Gasteiger charge is 2.27. The third-order valence-electron chi connectivity index (χ3n) is 4.82. The van der Waals surface area contributed by atoms with Crippen molar-refractivity contribution in [3.8, 4) is 5.75 Å². The summed E-state index contributed by atoms with van der Waals surface area (Å²) in [6.07, 6.45) is 1.78. The van der Waals surface area contributed by atoms with Crippen LogP contribution in [0, 0.1) is 6.92 Å². The lowest BCUT2D eigenvalue weighted by Crippen LogP contribution is -2.42. The number of carbonyl (C=O) groups excluding carboxylic acids is 2. The van der Waals surface area contributed by atoms with Crippen molar-refractivity contribution in [3.05, 3.63) is 59.7 Å². The number of nitrogens with one attached hydrogen (secondary N) is 2. The van der Waals surface area contributed by atoms with E-state index in [1.54, 1.807) is 0 Å². The molecule has 1 fully saturated rings. The van der Waals surface area contributed by atoms with Gasteiger partial charge in [0.15, 0.2) is 0 Å². The summed E-state index contributed by atoms with van der Waals surface area (Å²) in [6.45, 7) is 3.13. The lowest BCUT2D eigenvalue weighted by atomic mass is 10.2. The molecule has 0 aromatic heterocycles. The Morgan fingerprint density at radius 2 is 1.67 bits per heavy atom. The maximum atomic E-state index is 12.5. The number of ether oxygens (including phenoxy) is 1. The van der Waals surface area contributed by atoms with Crippen LogP contribution in [0.1, 0.15) is 35.2 Å². The molecule has 0 radical (unpaired) electrons. The first-order valence-corrected chi connectivity index (χ1v) is 11.2. The van der Waals surface area contributed by atoms with Gasteiger partial charge in [-0.3, -0.25) is 20.4 Å². The number of nitrogens with zero attached hydrogens (tertiary/aromatic N) is 1. The number of amides is 2. The molecule has 1 aliphatic heterocycles. The van der Waals surface area contributed by atoms with E-state index < -0.39 is 21.8 Å². The number of hydrazine groups is 1. The molecule has 0 bridgehead atoms. The van der Waals surface area contributed by atoms with Gasteiger partial charge in [-0.1, -0.05) is 18.2 Å². The van der Waals surface area contributed by atoms with Crippen molar-refractivity contribution in [2.24, 2.45) is 0 Å². The zero-order valence-electron chi connectivity index (χ0n) is 16.8. The number of aryl methyl sites for hydroxylation is 1. The highest BCUT2D eigenvalue weighted by atomic mass is 32.2. The van der Waals surface area contributed by atoms with Crippen LogP contribution in [-0.4, -0.2) is 44.2 Å². The molecule has 2 aromatic rings. The molecular formula is C21H25N3O5S. The average molecular weight is 432 g/mol. The van der Waals surface area contributed by atoms with E-state index in [2.05, 4.69) is 10.9 Å². The van der Waals surface area contributed by atoms with Gasteiger partial charge in [-0.15, -0.1) is 0 Å². The van der Waals surface area contributed by atoms with Crippen molar-refractivity contribution in [2.75, 3.05) is 19.7 Å². The lowest BCUT2D eigenvalue weighted by molar-refractivity contribution is -0.122. The Morgan fingerprint density at radius 3 is 2.33 bits per heavy atom. The number of para-hydroxylation sites is 1. The quantitative estimate of drug-likeness (QED) is 0.653. The number of benzene rings is 2. The lowest BCUT2D eigenvalue weighted by Gasteiger charge is -2.15. The molecule has 8 nitrogen and oxygen atoms in total. The van der Waals surface area contributed by atoms with Crippen LogP contribution in [0.4, 0.5) is 0 Å². The zero-order chi connectivity index (χ0) is 21.6. The topological polar surface area (TPSA) is 105 Å². The second-order valence-electron chi connectivity index (χ2n) is 7.00. The largest absolute Gasteiger partial charge is 0.493 e. The first-order valence-electron chi connectivity index (χ1n) is 9.76. The molecule has 0 unspecified atom stereocenters. The van der Waals surface area contributed by atoms with E-state index in [9.17, 15) is 18.0 Å². The molecule has 0 atom stereocenters. The maximum absolute atomic E-state index is 12.5. The van der Waals surface area contributed by atoms with Crippen LogP contribution >= 0.6 is 0 Å². The number of rotatable bonds is 7. The number of hydrogen-bond acceptors (Lipinski definition) is 5. The SMILES string of the molecule is Cc1ccccc1OCCC(=O)NNC(=O)c1ccc(S(=O)(=O)N2CCCC2)cc1. The summed E-state index contributed by atoms with van der Waals surface area (Å²) in [5.74, 6) is -0.225. The molecule has 2 N–H and O–H groups in total. The van der Waals surface area contributed by atoms with Gasteiger partial charge in [0, 0.05) is 18.7 Å². The summed E-state index contributed by atoms with van der Waals surface area (Å²) in [6, 6.07) is 13.1. The minimum atomic E-state index is -3.53. The first kappa shape index (κ1) is 21.8. The van der Waals surface area contributed by atoms with Crippen molar-refractivity contribution in [3.63, 3.8) is 0 Å². The predicted octanol–water partition coefficient (Wildman–Crippen LogP) is 2.01. The first-order chi connectivity index (χ1) is 14.4. The standard InChI is InChI=1S/C21H25N3O5S/c1-16-6-2-3-7-19(16)29-15-12-20(25)22-23-21(26)17-8-10-18(11-9-17)30(27,28)24-13-4-5-14-24/h2-3,6-11H,4-5,12-15H2,1H3,(H,22,25)(H,23,26). The van der Waals surface area contributed by atoms with Gasteiger partial charge in [-0.05, 0) is 55.7 Å². The fourth-order valence-electron chi connectivity index (χ4n) is 3.09. The van der Waals surface area contributed by atoms with Crippen LogP contribution in [0.25, 0.3) is 0 Å². The van der Waals surface area contributed by atoms with Crippen LogP contribution in [-0.2, 0) is 14.8 Å². The Labute approximate surface area is 176 Å². The summed E-state index contributed by atoms with van der Waals surface area (Å²) in [4.78, 5) is 24.2. The zero-order valence-corrected chi connectivity index (χ0v) is 17.6. The van der Waals surface area contributed by atoms with Crippen molar-refractivity contribution in [1.29, 1.82) is 0 Å². The number of hydrogen-bond donors (Lipinski definition) is 2. The second kappa shape index (κ2) is 9.73. The van der Waals surface area contributed by atoms with Gasteiger partial charge in [0.2, 0.25) is 15.9 Å². The predicted molar refractivity (Wildman–Crippen MR) is 111 cm³/mol. The van der Waals surface area contributed by atoms with E-state index >= 15 is 0 Å². The fraction of sp³-hybridized carbons (Fsp3) is 0.333. The van der Waals surface area contributed by atoms with Crippen LogP contribution in [0.2, 0.25) is 0 Å². The third kappa shape index (κ3) is 5.37. The molecule has 1 aliphatic rings. The smallest absolute Gasteiger partial charge is 0.269 e. The summed E-state index contributed by atoms with van der Waals surface area (Å²) in [5.41, 5.74) is 5.86. The Kier molecular flexibility index (Phi) is 7.07. The molecule has 1 saturated heterocycles.